The Hall–Kier alpha value is -3.65. The quantitative estimate of drug-likeness (QED) is 0.432. The molecule has 7 nitrogen and oxygen atoms in total. The fourth-order valence-corrected chi connectivity index (χ4v) is 3.30. The average Bonchev–Trinajstić information content (AvgIpc) is 3.32. The molecular formula is C22H19NO6S. The summed E-state index contributed by atoms with van der Waals surface area (Å²) in [4.78, 5) is 37.2. The third-order valence-electron chi connectivity index (χ3n) is 4.22. The fraction of sp³-hybridized carbons (Fsp3) is 0.136. The van der Waals surface area contributed by atoms with Gasteiger partial charge < -0.3 is 19.5 Å². The normalized spacial score (nSPS) is 10.2. The van der Waals surface area contributed by atoms with Crippen molar-refractivity contribution in [3.63, 3.8) is 0 Å². The van der Waals surface area contributed by atoms with Crippen molar-refractivity contribution in [2.45, 2.75) is 0 Å². The van der Waals surface area contributed by atoms with Crippen molar-refractivity contribution in [3.8, 4) is 11.5 Å². The number of benzene rings is 2. The molecule has 3 rings (SSSR count). The van der Waals surface area contributed by atoms with Gasteiger partial charge in [0.15, 0.2) is 23.9 Å². The summed E-state index contributed by atoms with van der Waals surface area (Å²) < 4.78 is 15.5. The Kier molecular flexibility index (Phi) is 6.82. The van der Waals surface area contributed by atoms with Gasteiger partial charge >= 0.3 is 5.97 Å². The first-order chi connectivity index (χ1) is 14.5. The molecule has 154 valence electrons. The zero-order valence-corrected chi connectivity index (χ0v) is 17.2. The molecule has 1 N–H and O–H groups in total. The van der Waals surface area contributed by atoms with Crippen molar-refractivity contribution in [1.29, 1.82) is 0 Å². The van der Waals surface area contributed by atoms with Crippen molar-refractivity contribution >= 4 is 34.7 Å². The predicted octanol–water partition coefficient (Wildman–Crippen LogP) is 4.06. The lowest BCUT2D eigenvalue weighted by molar-refractivity contribution is 0.0475. The molecule has 0 aliphatic carbocycles. The van der Waals surface area contributed by atoms with Crippen LogP contribution >= 0.6 is 11.3 Å². The fourth-order valence-electron chi connectivity index (χ4n) is 2.66. The highest BCUT2D eigenvalue weighted by molar-refractivity contribution is 7.08. The first-order valence-electron chi connectivity index (χ1n) is 8.88. The molecule has 1 amide bonds. The highest BCUT2D eigenvalue weighted by Crippen LogP contribution is 2.27. The van der Waals surface area contributed by atoms with E-state index in [0.29, 0.717) is 28.3 Å². The summed E-state index contributed by atoms with van der Waals surface area (Å²) in [7, 11) is 2.96. The number of hydrogen-bond acceptors (Lipinski definition) is 7. The summed E-state index contributed by atoms with van der Waals surface area (Å²) in [6.45, 7) is -0.457. The highest BCUT2D eigenvalue weighted by Gasteiger charge is 2.18. The molecule has 3 aromatic rings. The predicted molar refractivity (Wildman–Crippen MR) is 113 cm³/mol. The van der Waals surface area contributed by atoms with Gasteiger partial charge in [0.25, 0.3) is 5.91 Å². The number of nitrogens with one attached hydrogen (secondary N) is 1. The molecule has 1 heterocycles. The van der Waals surface area contributed by atoms with Crippen LogP contribution in [0.15, 0.2) is 59.3 Å². The van der Waals surface area contributed by atoms with E-state index in [4.69, 9.17) is 14.2 Å². The van der Waals surface area contributed by atoms with Gasteiger partial charge in [0.2, 0.25) is 0 Å². The van der Waals surface area contributed by atoms with Crippen LogP contribution < -0.4 is 14.8 Å². The first kappa shape index (κ1) is 21.1. The van der Waals surface area contributed by atoms with E-state index >= 15 is 0 Å². The minimum Gasteiger partial charge on any atom is -0.493 e. The van der Waals surface area contributed by atoms with Crippen molar-refractivity contribution in [1.82, 2.24) is 0 Å². The van der Waals surface area contributed by atoms with Crippen molar-refractivity contribution < 1.29 is 28.6 Å². The molecule has 0 saturated heterocycles. The van der Waals surface area contributed by atoms with Crippen LogP contribution in [0.5, 0.6) is 11.5 Å². The zero-order chi connectivity index (χ0) is 21.5. The number of rotatable bonds is 8. The minimum atomic E-state index is -0.718. The van der Waals surface area contributed by atoms with Gasteiger partial charge in [-0.15, -0.1) is 0 Å². The number of carbonyl (C=O) groups is 3. The third kappa shape index (κ3) is 4.84. The molecule has 0 fully saturated rings. The molecule has 2 aromatic carbocycles. The van der Waals surface area contributed by atoms with E-state index in [1.54, 1.807) is 47.2 Å². The van der Waals surface area contributed by atoms with Crippen LogP contribution in [0.4, 0.5) is 5.69 Å². The molecule has 0 unspecified atom stereocenters. The summed E-state index contributed by atoms with van der Waals surface area (Å²) in [6.07, 6.45) is 0. The summed E-state index contributed by atoms with van der Waals surface area (Å²) in [5, 5.41) is 6.19. The Morgan fingerprint density at radius 3 is 2.40 bits per heavy atom. The molecule has 0 bridgehead atoms. The number of carbonyl (C=O) groups excluding carboxylic acids is 3. The number of methoxy groups -OCH3 is 2. The maximum Gasteiger partial charge on any atom is 0.340 e. The molecule has 0 radical (unpaired) electrons. The van der Waals surface area contributed by atoms with Gasteiger partial charge in [-0.2, -0.15) is 11.3 Å². The number of amides is 1. The second-order valence-corrected chi connectivity index (χ2v) is 6.86. The SMILES string of the molecule is COc1ccc(C(=O)COC(=O)c2ccccc2NC(=O)c2ccsc2)cc1OC. The minimum absolute atomic E-state index is 0.154. The molecule has 0 spiro atoms. The van der Waals surface area contributed by atoms with Gasteiger partial charge in [0.05, 0.1) is 31.0 Å². The van der Waals surface area contributed by atoms with Gasteiger partial charge in [0, 0.05) is 10.9 Å². The number of para-hydroxylation sites is 1. The smallest absolute Gasteiger partial charge is 0.340 e. The molecule has 1 aromatic heterocycles. The third-order valence-corrected chi connectivity index (χ3v) is 4.90. The van der Waals surface area contributed by atoms with Crippen LogP contribution in [-0.2, 0) is 4.74 Å². The Bertz CT molecular complexity index is 1060. The van der Waals surface area contributed by atoms with E-state index in [1.165, 1.54) is 37.7 Å². The molecule has 0 saturated carbocycles. The maximum absolute atomic E-state index is 12.5. The largest absolute Gasteiger partial charge is 0.493 e. The second-order valence-electron chi connectivity index (χ2n) is 6.08. The molecule has 30 heavy (non-hydrogen) atoms. The Balaban J connectivity index is 1.68. The zero-order valence-electron chi connectivity index (χ0n) is 16.3. The lowest BCUT2D eigenvalue weighted by Gasteiger charge is -2.11. The van der Waals surface area contributed by atoms with Crippen LogP contribution in [-0.4, -0.2) is 38.5 Å². The molecular weight excluding hydrogens is 406 g/mol. The van der Waals surface area contributed by atoms with Gasteiger partial charge in [-0.3, -0.25) is 9.59 Å². The van der Waals surface area contributed by atoms with Crippen LogP contribution in [0.2, 0.25) is 0 Å². The monoisotopic (exact) mass is 425 g/mol. The van der Waals surface area contributed by atoms with Crippen molar-refractivity contribution in [2.24, 2.45) is 0 Å². The summed E-state index contributed by atoms with van der Waals surface area (Å²) in [5.74, 6) is -0.565. The molecule has 8 heteroatoms. The Morgan fingerprint density at radius 1 is 0.933 bits per heavy atom. The van der Waals surface area contributed by atoms with E-state index in [2.05, 4.69) is 5.32 Å². The van der Waals surface area contributed by atoms with Gasteiger partial charge in [-0.25, -0.2) is 4.79 Å². The second kappa shape index (κ2) is 9.71. The van der Waals surface area contributed by atoms with Gasteiger partial charge in [-0.1, -0.05) is 12.1 Å². The van der Waals surface area contributed by atoms with Crippen LogP contribution in [0.3, 0.4) is 0 Å². The summed E-state index contributed by atoms with van der Waals surface area (Å²) >= 11 is 1.40. The summed E-state index contributed by atoms with van der Waals surface area (Å²) in [6, 6.07) is 12.8. The van der Waals surface area contributed by atoms with E-state index in [0.717, 1.165) is 0 Å². The lowest BCUT2D eigenvalue weighted by Crippen LogP contribution is -2.18. The van der Waals surface area contributed by atoms with E-state index in [-0.39, 0.29) is 11.5 Å². The molecule has 0 aliphatic heterocycles. The standard InChI is InChI=1S/C22H19NO6S/c1-27-19-8-7-14(11-20(19)28-2)18(24)12-29-22(26)16-5-3-4-6-17(16)23-21(25)15-9-10-30-13-15/h3-11,13H,12H2,1-2H3,(H,23,25). The topological polar surface area (TPSA) is 90.9 Å². The lowest BCUT2D eigenvalue weighted by atomic mass is 10.1. The molecule has 0 aliphatic rings. The Labute approximate surface area is 177 Å². The van der Waals surface area contributed by atoms with E-state index in [9.17, 15) is 14.4 Å². The number of anilines is 1. The van der Waals surface area contributed by atoms with E-state index in [1.807, 2.05) is 0 Å². The number of ether oxygens (including phenoxy) is 3. The highest BCUT2D eigenvalue weighted by atomic mass is 32.1. The van der Waals surface area contributed by atoms with E-state index < -0.39 is 18.4 Å². The summed E-state index contributed by atoms with van der Waals surface area (Å²) in [5.41, 5.74) is 1.27. The van der Waals surface area contributed by atoms with Crippen LogP contribution in [0.1, 0.15) is 31.1 Å². The molecule has 0 atom stereocenters. The maximum atomic E-state index is 12.5. The number of esters is 1. The van der Waals surface area contributed by atoms with Crippen molar-refractivity contribution in [3.05, 3.63) is 76.0 Å². The van der Waals surface area contributed by atoms with Crippen LogP contribution in [0, 0.1) is 0 Å². The van der Waals surface area contributed by atoms with Gasteiger partial charge in [0.1, 0.15) is 0 Å². The number of ketones is 1. The number of hydrogen-bond donors (Lipinski definition) is 1. The number of thiophene rings is 1. The first-order valence-corrected chi connectivity index (χ1v) is 9.82. The van der Waals surface area contributed by atoms with Crippen molar-refractivity contribution in [2.75, 3.05) is 26.1 Å². The van der Waals surface area contributed by atoms with Gasteiger partial charge in [-0.05, 0) is 41.8 Å². The number of Topliss-reactive ketones (excluding diaryl/α,β-unsaturated/α-hetero) is 1. The Morgan fingerprint density at radius 2 is 1.70 bits per heavy atom. The van der Waals surface area contributed by atoms with Crippen LogP contribution in [0.25, 0.3) is 0 Å². The average molecular weight is 425 g/mol.